The average Bonchev–Trinajstić information content (AvgIpc) is 2.34. The summed E-state index contributed by atoms with van der Waals surface area (Å²) in [5.41, 5.74) is 2.25. The Morgan fingerprint density at radius 3 is 3.06 bits per heavy atom. The normalized spacial score (nSPS) is 13.8. The summed E-state index contributed by atoms with van der Waals surface area (Å²) in [5, 5.41) is 11.0. The molecule has 0 spiro atoms. The summed E-state index contributed by atoms with van der Waals surface area (Å²) in [5.74, 6) is -0.331. The first-order chi connectivity index (χ1) is 8.61. The molecule has 0 fully saturated rings. The molecule has 0 aliphatic carbocycles. The van der Waals surface area contributed by atoms with Crippen molar-refractivity contribution in [2.45, 2.75) is 12.8 Å². The number of nitriles is 1. The van der Waals surface area contributed by atoms with Gasteiger partial charge in [0.1, 0.15) is 6.42 Å². The maximum absolute atomic E-state index is 11.8. The average molecular weight is 243 g/mol. The van der Waals surface area contributed by atoms with Gasteiger partial charge in [0.15, 0.2) is 0 Å². The van der Waals surface area contributed by atoms with Gasteiger partial charge in [0.2, 0.25) is 5.91 Å². The second-order valence-corrected chi connectivity index (χ2v) is 4.23. The van der Waals surface area contributed by atoms with Crippen LogP contribution in [0.3, 0.4) is 0 Å². The Labute approximate surface area is 105 Å². The highest BCUT2D eigenvalue weighted by Crippen LogP contribution is 2.21. The molecule has 1 N–H and O–H groups in total. The Morgan fingerprint density at radius 1 is 1.56 bits per heavy atom. The van der Waals surface area contributed by atoms with E-state index in [9.17, 15) is 9.59 Å². The number of carbonyl (C=O) groups excluding carboxylic acids is 2. The van der Waals surface area contributed by atoms with E-state index < -0.39 is 0 Å². The highest BCUT2D eigenvalue weighted by molar-refractivity contribution is 5.98. The molecule has 1 aliphatic heterocycles. The molecule has 0 saturated heterocycles. The number of benzene rings is 1. The standard InChI is InChI=1S/C13H13N3O2/c1-16-7-5-9-8-10(15-12(17)4-6-14)2-3-11(9)13(16)18/h2-3,8H,4-5,7H2,1H3,(H,15,17). The predicted molar refractivity (Wildman–Crippen MR) is 66.0 cm³/mol. The molecule has 1 aromatic carbocycles. The summed E-state index contributed by atoms with van der Waals surface area (Å²) < 4.78 is 0. The van der Waals surface area contributed by atoms with Gasteiger partial charge in [0, 0.05) is 24.8 Å². The smallest absolute Gasteiger partial charge is 0.253 e. The van der Waals surface area contributed by atoms with Crippen LogP contribution in [0.4, 0.5) is 5.69 Å². The first-order valence-electron chi connectivity index (χ1n) is 5.67. The zero-order valence-electron chi connectivity index (χ0n) is 10.1. The highest BCUT2D eigenvalue weighted by atomic mass is 16.2. The minimum atomic E-state index is -0.336. The van der Waals surface area contributed by atoms with Gasteiger partial charge in [-0.25, -0.2) is 0 Å². The van der Waals surface area contributed by atoms with Crippen molar-refractivity contribution in [2.75, 3.05) is 18.9 Å². The van der Waals surface area contributed by atoms with Gasteiger partial charge in [-0.05, 0) is 30.2 Å². The van der Waals surface area contributed by atoms with Gasteiger partial charge in [0.25, 0.3) is 5.91 Å². The molecule has 0 aromatic heterocycles. The van der Waals surface area contributed by atoms with Crippen LogP contribution in [0.2, 0.25) is 0 Å². The molecule has 92 valence electrons. The van der Waals surface area contributed by atoms with Crippen molar-refractivity contribution in [3.8, 4) is 6.07 Å². The van der Waals surface area contributed by atoms with E-state index in [0.29, 0.717) is 17.8 Å². The van der Waals surface area contributed by atoms with E-state index in [2.05, 4.69) is 5.32 Å². The Balaban J connectivity index is 2.21. The number of carbonyl (C=O) groups is 2. The topological polar surface area (TPSA) is 73.2 Å². The van der Waals surface area contributed by atoms with Gasteiger partial charge in [-0.15, -0.1) is 0 Å². The SMILES string of the molecule is CN1CCc2cc(NC(=O)CC#N)ccc2C1=O. The van der Waals surface area contributed by atoms with E-state index in [1.54, 1.807) is 36.2 Å². The van der Waals surface area contributed by atoms with Crippen LogP contribution >= 0.6 is 0 Å². The predicted octanol–water partition coefficient (Wildman–Crippen LogP) is 1.17. The number of anilines is 1. The van der Waals surface area contributed by atoms with Crippen molar-refractivity contribution < 1.29 is 9.59 Å². The fourth-order valence-corrected chi connectivity index (χ4v) is 1.96. The summed E-state index contributed by atoms with van der Waals surface area (Å²) in [6, 6.07) is 6.99. The van der Waals surface area contributed by atoms with Gasteiger partial charge in [-0.2, -0.15) is 5.26 Å². The summed E-state index contributed by atoms with van der Waals surface area (Å²) in [6.45, 7) is 0.682. The Hall–Kier alpha value is -2.35. The number of amides is 2. The van der Waals surface area contributed by atoms with E-state index in [1.807, 2.05) is 0 Å². The Morgan fingerprint density at radius 2 is 2.33 bits per heavy atom. The molecule has 0 radical (unpaired) electrons. The number of fused-ring (bicyclic) bond motifs is 1. The van der Waals surface area contributed by atoms with Crippen molar-refractivity contribution in [3.05, 3.63) is 29.3 Å². The zero-order chi connectivity index (χ0) is 13.1. The van der Waals surface area contributed by atoms with Crippen molar-refractivity contribution in [3.63, 3.8) is 0 Å². The van der Waals surface area contributed by atoms with Gasteiger partial charge in [-0.3, -0.25) is 9.59 Å². The van der Waals surface area contributed by atoms with E-state index in [0.717, 1.165) is 12.0 Å². The van der Waals surface area contributed by atoms with Crippen LogP contribution in [-0.2, 0) is 11.2 Å². The van der Waals surface area contributed by atoms with Gasteiger partial charge in [0.05, 0.1) is 6.07 Å². The number of likely N-dealkylation sites (N-methyl/N-ethyl adjacent to an activating group) is 1. The molecule has 1 heterocycles. The largest absolute Gasteiger partial charge is 0.341 e. The van der Waals surface area contributed by atoms with Crippen LogP contribution in [0.15, 0.2) is 18.2 Å². The number of nitrogens with one attached hydrogen (secondary N) is 1. The van der Waals surface area contributed by atoms with Gasteiger partial charge >= 0.3 is 0 Å². The molecule has 18 heavy (non-hydrogen) atoms. The van der Waals surface area contributed by atoms with Gasteiger partial charge in [-0.1, -0.05) is 0 Å². The maximum Gasteiger partial charge on any atom is 0.253 e. The molecule has 2 rings (SSSR count). The third kappa shape index (κ3) is 2.33. The second-order valence-electron chi connectivity index (χ2n) is 4.23. The van der Waals surface area contributed by atoms with E-state index in [-0.39, 0.29) is 18.2 Å². The van der Waals surface area contributed by atoms with Crippen LogP contribution in [0.5, 0.6) is 0 Å². The summed E-state index contributed by atoms with van der Waals surface area (Å²) in [7, 11) is 1.77. The molecule has 2 amide bonds. The number of nitrogens with zero attached hydrogens (tertiary/aromatic N) is 2. The van der Waals surface area contributed by atoms with Crippen LogP contribution in [-0.4, -0.2) is 30.3 Å². The summed E-state index contributed by atoms with van der Waals surface area (Å²) >= 11 is 0. The minimum absolute atomic E-state index is 0.00570. The first-order valence-corrected chi connectivity index (χ1v) is 5.67. The number of hydrogen-bond acceptors (Lipinski definition) is 3. The van der Waals surface area contributed by atoms with E-state index >= 15 is 0 Å². The molecule has 5 nitrogen and oxygen atoms in total. The maximum atomic E-state index is 11.8. The second kappa shape index (κ2) is 4.88. The lowest BCUT2D eigenvalue weighted by Gasteiger charge is -2.25. The fourth-order valence-electron chi connectivity index (χ4n) is 1.96. The lowest BCUT2D eigenvalue weighted by atomic mass is 9.98. The number of hydrogen-bond donors (Lipinski definition) is 1. The molecular weight excluding hydrogens is 230 g/mol. The lowest BCUT2D eigenvalue weighted by Crippen LogP contribution is -2.34. The molecule has 0 atom stereocenters. The Bertz CT molecular complexity index is 546. The zero-order valence-corrected chi connectivity index (χ0v) is 10.1. The fraction of sp³-hybridized carbons (Fsp3) is 0.308. The molecular formula is C13H13N3O2. The third-order valence-electron chi connectivity index (χ3n) is 2.92. The van der Waals surface area contributed by atoms with E-state index in [1.165, 1.54) is 0 Å². The molecule has 0 bridgehead atoms. The van der Waals surface area contributed by atoms with Gasteiger partial charge < -0.3 is 10.2 Å². The monoisotopic (exact) mass is 243 g/mol. The van der Waals surface area contributed by atoms with Crippen LogP contribution in [0.1, 0.15) is 22.3 Å². The molecule has 0 saturated carbocycles. The molecule has 0 unspecified atom stereocenters. The van der Waals surface area contributed by atoms with Crippen LogP contribution < -0.4 is 5.32 Å². The first kappa shape index (κ1) is 12.1. The van der Waals surface area contributed by atoms with Crippen molar-refractivity contribution in [1.82, 2.24) is 4.90 Å². The van der Waals surface area contributed by atoms with Crippen molar-refractivity contribution in [1.29, 1.82) is 5.26 Å². The highest BCUT2D eigenvalue weighted by Gasteiger charge is 2.21. The molecule has 5 heteroatoms. The van der Waals surface area contributed by atoms with E-state index in [4.69, 9.17) is 5.26 Å². The number of rotatable bonds is 2. The summed E-state index contributed by atoms with van der Waals surface area (Å²) in [4.78, 5) is 24.8. The van der Waals surface area contributed by atoms with Crippen LogP contribution in [0.25, 0.3) is 0 Å². The van der Waals surface area contributed by atoms with Crippen molar-refractivity contribution >= 4 is 17.5 Å². The molecule has 1 aliphatic rings. The minimum Gasteiger partial charge on any atom is -0.341 e. The van der Waals surface area contributed by atoms with Crippen LogP contribution in [0, 0.1) is 11.3 Å². The Kier molecular flexibility index (Phi) is 3.28. The van der Waals surface area contributed by atoms with Crippen molar-refractivity contribution in [2.24, 2.45) is 0 Å². The lowest BCUT2D eigenvalue weighted by molar-refractivity contribution is -0.115. The molecule has 1 aromatic rings. The quantitative estimate of drug-likeness (QED) is 0.847. The third-order valence-corrected chi connectivity index (χ3v) is 2.92. The summed E-state index contributed by atoms with van der Waals surface area (Å²) in [6.07, 6.45) is 0.609.